The number of carbonyl (C=O) groups excluding carboxylic acids is 3. The van der Waals surface area contributed by atoms with E-state index in [4.69, 9.17) is 9.47 Å². The number of aromatic nitrogens is 2. The summed E-state index contributed by atoms with van der Waals surface area (Å²) in [5.74, 6) is -1.36. The number of nitrogens with zero attached hydrogens (tertiary/aromatic N) is 3. The molecule has 9 heteroatoms. The smallest absolute Gasteiger partial charge is 0.358 e. The SMILES string of the molecule is CCOC(=O)c1cc2n(n1)C[C@@](C)(C(=O)NCCOC)N(c1cc(C)cc(C)c1)C2=O. The van der Waals surface area contributed by atoms with Gasteiger partial charge in [-0.3, -0.25) is 19.2 Å². The van der Waals surface area contributed by atoms with E-state index in [0.717, 1.165) is 11.1 Å². The number of ether oxygens (including phenoxy) is 2. The lowest BCUT2D eigenvalue weighted by molar-refractivity contribution is -0.126. The molecule has 0 radical (unpaired) electrons. The molecule has 1 atom stereocenters. The Morgan fingerprint density at radius 2 is 1.87 bits per heavy atom. The minimum Gasteiger partial charge on any atom is -0.461 e. The maximum Gasteiger partial charge on any atom is 0.358 e. The van der Waals surface area contributed by atoms with Gasteiger partial charge in [-0.15, -0.1) is 0 Å². The van der Waals surface area contributed by atoms with Crippen LogP contribution in [-0.2, 0) is 20.8 Å². The summed E-state index contributed by atoms with van der Waals surface area (Å²) < 4.78 is 11.4. The van der Waals surface area contributed by atoms with Gasteiger partial charge in [-0.25, -0.2) is 4.79 Å². The second kappa shape index (κ2) is 8.89. The molecule has 1 N–H and O–H groups in total. The van der Waals surface area contributed by atoms with Crippen molar-refractivity contribution < 1.29 is 23.9 Å². The molecule has 2 heterocycles. The number of rotatable bonds is 7. The third kappa shape index (κ3) is 4.32. The predicted molar refractivity (Wildman–Crippen MR) is 114 cm³/mol. The van der Waals surface area contributed by atoms with Crippen molar-refractivity contribution in [1.82, 2.24) is 15.1 Å². The quantitative estimate of drug-likeness (QED) is 0.533. The number of aryl methyl sites for hydroxylation is 2. The van der Waals surface area contributed by atoms with Crippen LogP contribution in [0, 0.1) is 13.8 Å². The van der Waals surface area contributed by atoms with Crippen LogP contribution in [0.4, 0.5) is 5.69 Å². The van der Waals surface area contributed by atoms with E-state index in [9.17, 15) is 14.4 Å². The first-order valence-corrected chi connectivity index (χ1v) is 10.2. The molecule has 9 nitrogen and oxygen atoms in total. The van der Waals surface area contributed by atoms with Gasteiger partial charge in [-0.2, -0.15) is 5.10 Å². The standard InChI is InChI=1S/C22H28N4O5/c1-6-31-20(28)17-12-18-19(27)26(16-10-14(2)9-15(3)11-16)22(4,13-25(18)24-17)21(29)23-7-8-30-5/h9-12H,6-8,13H2,1-5H3,(H,23,29)/t22-/m0/s1. The number of hydrogen-bond acceptors (Lipinski definition) is 6. The fraction of sp³-hybridized carbons (Fsp3) is 0.455. The lowest BCUT2D eigenvalue weighted by atomic mass is 9.93. The zero-order valence-electron chi connectivity index (χ0n) is 18.5. The number of amides is 2. The molecule has 0 saturated heterocycles. The topological polar surface area (TPSA) is 103 Å². The van der Waals surface area contributed by atoms with Crippen molar-refractivity contribution in [3.63, 3.8) is 0 Å². The van der Waals surface area contributed by atoms with Crippen molar-refractivity contribution in [1.29, 1.82) is 0 Å². The molecule has 1 aromatic carbocycles. The van der Waals surface area contributed by atoms with E-state index in [1.807, 2.05) is 32.0 Å². The van der Waals surface area contributed by atoms with Gasteiger partial charge in [-0.1, -0.05) is 6.07 Å². The number of anilines is 1. The van der Waals surface area contributed by atoms with Crippen LogP contribution < -0.4 is 10.2 Å². The zero-order chi connectivity index (χ0) is 22.8. The summed E-state index contributed by atoms with van der Waals surface area (Å²) in [7, 11) is 1.55. The molecule has 0 aliphatic carbocycles. The number of carbonyl (C=O) groups is 3. The highest BCUT2D eigenvalue weighted by atomic mass is 16.5. The van der Waals surface area contributed by atoms with E-state index in [1.165, 1.54) is 15.6 Å². The number of nitrogens with one attached hydrogen (secondary N) is 1. The minimum atomic E-state index is -1.27. The molecule has 1 aromatic heterocycles. The van der Waals surface area contributed by atoms with Crippen LogP contribution in [0.1, 0.15) is 46.0 Å². The first-order chi connectivity index (χ1) is 14.7. The van der Waals surface area contributed by atoms with Gasteiger partial charge in [0.25, 0.3) is 5.91 Å². The highest BCUT2D eigenvalue weighted by Gasteiger charge is 2.49. The Labute approximate surface area is 181 Å². The molecule has 1 aliphatic rings. The van der Waals surface area contributed by atoms with E-state index in [-0.39, 0.29) is 30.4 Å². The molecular formula is C22H28N4O5. The maximum atomic E-state index is 13.6. The van der Waals surface area contributed by atoms with Crippen LogP contribution in [0.5, 0.6) is 0 Å². The molecule has 0 unspecified atom stereocenters. The van der Waals surface area contributed by atoms with E-state index < -0.39 is 17.4 Å². The minimum absolute atomic E-state index is 0.0367. The van der Waals surface area contributed by atoms with Crippen molar-refractivity contribution >= 4 is 23.5 Å². The van der Waals surface area contributed by atoms with Crippen molar-refractivity contribution in [2.24, 2.45) is 0 Å². The lowest BCUT2D eigenvalue weighted by Crippen LogP contribution is -2.64. The largest absolute Gasteiger partial charge is 0.461 e. The van der Waals surface area contributed by atoms with Crippen molar-refractivity contribution in [3.8, 4) is 0 Å². The fourth-order valence-electron chi connectivity index (χ4n) is 3.83. The third-order valence-corrected chi connectivity index (χ3v) is 5.18. The highest BCUT2D eigenvalue weighted by molar-refractivity contribution is 6.12. The number of benzene rings is 1. The third-order valence-electron chi connectivity index (χ3n) is 5.18. The van der Waals surface area contributed by atoms with Gasteiger partial charge in [-0.05, 0) is 51.0 Å². The van der Waals surface area contributed by atoms with Crippen LogP contribution in [0.3, 0.4) is 0 Å². The average molecular weight is 428 g/mol. The monoisotopic (exact) mass is 428 g/mol. The van der Waals surface area contributed by atoms with Crippen molar-refractivity contribution in [2.45, 2.75) is 39.8 Å². The van der Waals surface area contributed by atoms with E-state index in [2.05, 4.69) is 10.4 Å². The normalized spacial score (nSPS) is 18.0. The summed E-state index contributed by atoms with van der Waals surface area (Å²) in [5.41, 5.74) is 1.54. The van der Waals surface area contributed by atoms with Gasteiger partial charge in [0.1, 0.15) is 11.2 Å². The Balaban J connectivity index is 2.09. The van der Waals surface area contributed by atoms with Crippen LogP contribution in [0.15, 0.2) is 24.3 Å². The molecule has 31 heavy (non-hydrogen) atoms. The second-order valence-corrected chi connectivity index (χ2v) is 7.80. The lowest BCUT2D eigenvalue weighted by Gasteiger charge is -2.43. The first-order valence-electron chi connectivity index (χ1n) is 10.2. The summed E-state index contributed by atoms with van der Waals surface area (Å²) in [6.07, 6.45) is 0. The number of hydrogen-bond donors (Lipinski definition) is 1. The first kappa shape index (κ1) is 22.5. The van der Waals surface area contributed by atoms with Gasteiger partial charge in [0.05, 0.1) is 19.8 Å². The maximum absolute atomic E-state index is 13.6. The average Bonchev–Trinajstić information content (AvgIpc) is 3.11. The summed E-state index contributed by atoms with van der Waals surface area (Å²) in [6, 6.07) is 7.14. The Hall–Kier alpha value is -3.20. The van der Waals surface area contributed by atoms with Gasteiger partial charge in [0.15, 0.2) is 5.69 Å². The van der Waals surface area contributed by atoms with E-state index in [0.29, 0.717) is 18.8 Å². The molecule has 1 aliphatic heterocycles. The number of methoxy groups -OCH3 is 1. The fourth-order valence-corrected chi connectivity index (χ4v) is 3.83. The second-order valence-electron chi connectivity index (χ2n) is 7.80. The summed E-state index contributed by atoms with van der Waals surface area (Å²) >= 11 is 0. The Bertz CT molecular complexity index is 995. The van der Waals surface area contributed by atoms with Gasteiger partial charge in [0.2, 0.25) is 5.91 Å². The Kier molecular flexibility index (Phi) is 6.45. The van der Waals surface area contributed by atoms with E-state index >= 15 is 0 Å². The number of fused-ring (bicyclic) bond motifs is 1. The molecule has 0 bridgehead atoms. The van der Waals surface area contributed by atoms with Crippen molar-refractivity contribution in [3.05, 3.63) is 46.8 Å². The zero-order valence-corrected chi connectivity index (χ0v) is 18.5. The molecule has 2 aromatic rings. The Morgan fingerprint density at radius 1 is 1.19 bits per heavy atom. The van der Waals surface area contributed by atoms with E-state index in [1.54, 1.807) is 21.0 Å². The highest BCUT2D eigenvalue weighted by Crippen LogP contribution is 2.34. The van der Waals surface area contributed by atoms with Crippen LogP contribution in [0.2, 0.25) is 0 Å². The molecular weight excluding hydrogens is 400 g/mol. The van der Waals surface area contributed by atoms with Crippen LogP contribution in [0.25, 0.3) is 0 Å². The molecule has 166 valence electrons. The summed E-state index contributed by atoms with van der Waals surface area (Å²) in [5, 5.41) is 7.08. The molecule has 0 fully saturated rings. The van der Waals surface area contributed by atoms with Gasteiger partial charge in [0, 0.05) is 25.4 Å². The van der Waals surface area contributed by atoms with Crippen LogP contribution >= 0.6 is 0 Å². The molecule has 2 amide bonds. The summed E-state index contributed by atoms with van der Waals surface area (Å²) in [4.78, 5) is 40.5. The van der Waals surface area contributed by atoms with Gasteiger partial charge >= 0.3 is 5.97 Å². The van der Waals surface area contributed by atoms with Crippen LogP contribution in [-0.4, -0.2) is 60.0 Å². The molecule has 0 saturated carbocycles. The predicted octanol–water partition coefficient (Wildman–Crippen LogP) is 1.86. The molecule has 0 spiro atoms. The molecule has 3 rings (SSSR count). The summed E-state index contributed by atoms with van der Waals surface area (Å²) in [6.45, 7) is 8.19. The van der Waals surface area contributed by atoms with Crippen molar-refractivity contribution in [2.75, 3.05) is 31.8 Å². The van der Waals surface area contributed by atoms with Gasteiger partial charge < -0.3 is 14.8 Å². The number of esters is 1. The Morgan fingerprint density at radius 3 is 2.48 bits per heavy atom.